The number of benzene rings is 3. The number of fused-ring (bicyclic) bond motifs is 1. The van der Waals surface area contributed by atoms with E-state index in [0.29, 0.717) is 25.0 Å². The highest BCUT2D eigenvalue weighted by Crippen LogP contribution is 2.35. The van der Waals surface area contributed by atoms with Crippen LogP contribution in [0.25, 0.3) is 10.9 Å². The molecule has 0 atom stereocenters. The van der Waals surface area contributed by atoms with Crippen molar-refractivity contribution in [2.24, 2.45) is 5.10 Å². The van der Waals surface area contributed by atoms with Crippen LogP contribution in [0.1, 0.15) is 16.7 Å². The van der Waals surface area contributed by atoms with Crippen molar-refractivity contribution in [2.75, 3.05) is 36.7 Å². The van der Waals surface area contributed by atoms with Crippen molar-refractivity contribution in [3.05, 3.63) is 120 Å². The molecule has 0 spiro atoms. The summed E-state index contributed by atoms with van der Waals surface area (Å²) in [5.74, 6) is -1.35. The van der Waals surface area contributed by atoms with E-state index < -0.39 is 17.6 Å². The molecule has 0 saturated heterocycles. The number of hydrazone groups is 1. The Morgan fingerprint density at radius 2 is 1.78 bits per heavy atom. The Labute approximate surface area is 262 Å². The van der Waals surface area contributed by atoms with Crippen molar-refractivity contribution in [2.45, 2.75) is 12.7 Å². The number of hydrogen-bond acceptors (Lipinski definition) is 7. The summed E-state index contributed by atoms with van der Waals surface area (Å²) in [5.41, 5.74) is 4.76. The Hall–Kier alpha value is -5.56. The average Bonchev–Trinajstić information content (AvgIpc) is 3.35. The second-order valence-electron chi connectivity index (χ2n) is 10.5. The van der Waals surface area contributed by atoms with Crippen LogP contribution in [0.4, 0.5) is 40.7 Å². The maximum Gasteiger partial charge on any atom is 0.421 e. The lowest BCUT2D eigenvalue weighted by molar-refractivity contribution is -0.137. The SMILES string of the molecule is CN(C)C/C=C/C(=O)Nc1cccc(Nc2nc(N/N=C/c3cn(Cc4ccc(F)cc4)c4ccccc34)ncc2C(F)(F)F)c1. The highest BCUT2D eigenvalue weighted by atomic mass is 19.4. The molecule has 1 amide bonds. The van der Waals surface area contributed by atoms with Gasteiger partial charge in [-0.15, -0.1) is 0 Å². The Kier molecular flexibility index (Phi) is 9.72. The topological polar surface area (TPSA) is 99.5 Å². The van der Waals surface area contributed by atoms with Gasteiger partial charge in [0, 0.05) is 59.4 Å². The number of rotatable bonds is 11. The van der Waals surface area contributed by atoms with E-state index in [-0.39, 0.29) is 23.4 Å². The molecule has 13 heteroatoms. The van der Waals surface area contributed by atoms with Crippen LogP contribution in [0.15, 0.2) is 102 Å². The van der Waals surface area contributed by atoms with E-state index in [2.05, 4.69) is 31.1 Å². The van der Waals surface area contributed by atoms with E-state index in [1.807, 2.05) is 54.0 Å². The van der Waals surface area contributed by atoms with Crippen molar-refractivity contribution in [3.8, 4) is 0 Å². The van der Waals surface area contributed by atoms with Crippen molar-refractivity contribution >= 4 is 46.2 Å². The monoisotopic (exact) mass is 630 g/mol. The number of halogens is 4. The van der Waals surface area contributed by atoms with Gasteiger partial charge in [-0.3, -0.25) is 4.79 Å². The fourth-order valence-electron chi connectivity index (χ4n) is 4.56. The van der Waals surface area contributed by atoms with E-state index in [9.17, 15) is 22.4 Å². The number of aromatic nitrogens is 3. The van der Waals surface area contributed by atoms with Crippen LogP contribution >= 0.6 is 0 Å². The third-order valence-electron chi connectivity index (χ3n) is 6.68. The summed E-state index contributed by atoms with van der Waals surface area (Å²) in [6, 6.07) is 20.1. The molecule has 5 rings (SSSR count). The van der Waals surface area contributed by atoms with Gasteiger partial charge in [0.1, 0.15) is 17.2 Å². The molecule has 0 radical (unpaired) electrons. The van der Waals surface area contributed by atoms with Crippen LogP contribution in [-0.2, 0) is 17.5 Å². The van der Waals surface area contributed by atoms with Gasteiger partial charge in [0.2, 0.25) is 11.9 Å². The van der Waals surface area contributed by atoms with Gasteiger partial charge in [-0.2, -0.15) is 23.3 Å². The second-order valence-corrected chi connectivity index (χ2v) is 10.5. The standard InChI is InChI=1S/C33H30F4N8O/c1-44(2)16-6-11-30(46)40-25-7-5-8-26(17-25)41-31-28(33(35,36)37)19-38-32(42-31)43-39-18-23-21-45(29-10-4-3-9-27(23)29)20-22-12-14-24(34)15-13-22/h3-15,17-19,21H,16,20H2,1-2H3,(H,40,46)(H2,38,41,42,43)/b11-6+,39-18+. The van der Waals surface area contributed by atoms with E-state index in [1.165, 1.54) is 30.5 Å². The highest BCUT2D eigenvalue weighted by Gasteiger charge is 2.35. The summed E-state index contributed by atoms with van der Waals surface area (Å²) < 4.78 is 56.9. The first kappa shape index (κ1) is 31.9. The van der Waals surface area contributed by atoms with E-state index in [0.717, 1.165) is 22.0 Å². The number of para-hydroxylation sites is 1. The minimum absolute atomic E-state index is 0.169. The Morgan fingerprint density at radius 3 is 2.54 bits per heavy atom. The minimum Gasteiger partial charge on any atom is -0.342 e. The number of alkyl halides is 3. The average molecular weight is 631 g/mol. The molecule has 0 unspecified atom stereocenters. The first-order valence-corrected chi connectivity index (χ1v) is 14.1. The maximum atomic E-state index is 13.9. The summed E-state index contributed by atoms with van der Waals surface area (Å²) in [5, 5.41) is 10.5. The van der Waals surface area contributed by atoms with Crippen LogP contribution in [-0.4, -0.2) is 52.2 Å². The number of amides is 1. The minimum atomic E-state index is -4.74. The largest absolute Gasteiger partial charge is 0.421 e. The second kappa shape index (κ2) is 14.0. The van der Waals surface area contributed by atoms with Gasteiger partial charge in [0.15, 0.2) is 0 Å². The number of likely N-dealkylation sites (N-methyl/N-ethyl adjacent to an activating group) is 1. The molecule has 0 aliphatic heterocycles. The number of nitrogens with zero attached hydrogens (tertiary/aromatic N) is 5. The summed E-state index contributed by atoms with van der Waals surface area (Å²) in [6.07, 6.45) is 2.41. The zero-order valence-electron chi connectivity index (χ0n) is 24.9. The quantitative estimate of drug-likeness (QED) is 0.0637. The molecule has 5 aromatic rings. The van der Waals surface area contributed by atoms with Gasteiger partial charge in [-0.1, -0.05) is 42.5 Å². The zero-order valence-corrected chi connectivity index (χ0v) is 24.9. The molecule has 0 saturated carbocycles. The summed E-state index contributed by atoms with van der Waals surface area (Å²) in [6.45, 7) is 1.07. The van der Waals surface area contributed by atoms with Crippen molar-refractivity contribution < 1.29 is 22.4 Å². The molecule has 236 valence electrons. The predicted octanol–water partition coefficient (Wildman–Crippen LogP) is 6.88. The Morgan fingerprint density at radius 1 is 1.02 bits per heavy atom. The lowest BCUT2D eigenvalue weighted by atomic mass is 10.2. The first-order chi connectivity index (χ1) is 22.0. The van der Waals surface area contributed by atoms with Crippen LogP contribution < -0.4 is 16.1 Å². The molecule has 3 N–H and O–H groups in total. The van der Waals surface area contributed by atoms with Crippen molar-refractivity contribution in [3.63, 3.8) is 0 Å². The molecular weight excluding hydrogens is 600 g/mol. The molecule has 0 bridgehead atoms. The fraction of sp³-hybridized carbons (Fsp3) is 0.152. The first-order valence-electron chi connectivity index (χ1n) is 14.1. The molecular formula is C33H30F4N8O. The van der Waals surface area contributed by atoms with E-state index >= 15 is 0 Å². The number of carbonyl (C=O) groups is 1. The van der Waals surface area contributed by atoms with Gasteiger partial charge in [-0.25, -0.2) is 14.8 Å². The van der Waals surface area contributed by atoms with Crippen molar-refractivity contribution in [1.82, 2.24) is 19.4 Å². The van der Waals surface area contributed by atoms with Crippen LogP contribution in [0, 0.1) is 5.82 Å². The van der Waals surface area contributed by atoms with E-state index in [1.54, 1.807) is 36.4 Å². The Bertz CT molecular complexity index is 1880. The lowest BCUT2D eigenvalue weighted by Gasteiger charge is -2.14. The van der Waals surface area contributed by atoms with Gasteiger partial charge in [0.25, 0.3) is 0 Å². The molecule has 3 aromatic carbocycles. The zero-order chi connectivity index (χ0) is 32.7. The van der Waals surface area contributed by atoms with Crippen LogP contribution in [0.5, 0.6) is 0 Å². The summed E-state index contributed by atoms with van der Waals surface area (Å²) >= 11 is 0. The number of nitrogens with one attached hydrogen (secondary N) is 3. The third-order valence-corrected chi connectivity index (χ3v) is 6.68. The molecule has 2 heterocycles. The van der Waals surface area contributed by atoms with Gasteiger partial charge >= 0.3 is 6.18 Å². The lowest BCUT2D eigenvalue weighted by Crippen LogP contribution is -2.13. The normalized spacial score (nSPS) is 12.0. The maximum absolute atomic E-state index is 13.9. The summed E-state index contributed by atoms with van der Waals surface area (Å²) in [7, 11) is 3.73. The molecule has 2 aromatic heterocycles. The number of hydrogen-bond donors (Lipinski definition) is 3. The number of anilines is 4. The summed E-state index contributed by atoms with van der Waals surface area (Å²) in [4.78, 5) is 22.0. The number of carbonyl (C=O) groups excluding carboxylic acids is 1. The van der Waals surface area contributed by atoms with Gasteiger partial charge in [-0.05, 0) is 56.1 Å². The Balaban J connectivity index is 1.34. The smallest absolute Gasteiger partial charge is 0.342 e. The highest BCUT2D eigenvalue weighted by molar-refractivity contribution is 6.00. The third kappa shape index (κ3) is 8.33. The van der Waals surface area contributed by atoms with Gasteiger partial charge in [0.05, 0.1) is 6.21 Å². The van der Waals surface area contributed by atoms with Crippen LogP contribution in [0.3, 0.4) is 0 Å². The molecule has 46 heavy (non-hydrogen) atoms. The predicted molar refractivity (Wildman–Crippen MR) is 172 cm³/mol. The molecule has 0 fully saturated rings. The molecule has 9 nitrogen and oxygen atoms in total. The van der Waals surface area contributed by atoms with Crippen molar-refractivity contribution in [1.29, 1.82) is 0 Å². The van der Waals surface area contributed by atoms with Crippen LogP contribution in [0.2, 0.25) is 0 Å². The fourth-order valence-corrected chi connectivity index (χ4v) is 4.56. The molecule has 0 aliphatic carbocycles. The van der Waals surface area contributed by atoms with E-state index in [4.69, 9.17) is 0 Å². The van der Waals surface area contributed by atoms with Gasteiger partial charge < -0.3 is 20.1 Å². The molecule has 0 aliphatic rings.